The average Bonchev–Trinajstić information content (AvgIpc) is 2.04. The molecular weight excluding hydrogens is 140 g/mol. The van der Waals surface area contributed by atoms with Crippen LogP contribution in [0.2, 0.25) is 0 Å². The van der Waals surface area contributed by atoms with Gasteiger partial charge in [0.05, 0.1) is 5.70 Å². The lowest BCUT2D eigenvalue weighted by molar-refractivity contribution is -0.120. The highest BCUT2D eigenvalue weighted by Crippen LogP contribution is 2.19. The standard InChI is InChI=1S/C8H10N2O/c11-8-2-1-6-3-4-9-5-7(6)10-8/h5H,1-4H2,(H,10,11). The van der Waals surface area contributed by atoms with Crippen molar-refractivity contribution in [2.24, 2.45) is 4.99 Å². The SMILES string of the molecule is O=C1CCC2=C(C=NCC2)N1. The first-order valence-electron chi connectivity index (χ1n) is 3.88. The molecule has 0 aromatic rings. The van der Waals surface area contributed by atoms with Crippen molar-refractivity contribution in [1.82, 2.24) is 5.32 Å². The zero-order valence-electron chi connectivity index (χ0n) is 6.26. The van der Waals surface area contributed by atoms with Crippen LogP contribution in [0.15, 0.2) is 16.3 Å². The van der Waals surface area contributed by atoms with E-state index in [0.29, 0.717) is 6.42 Å². The van der Waals surface area contributed by atoms with Crippen molar-refractivity contribution in [3.8, 4) is 0 Å². The number of hydrogen-bond donors (Lipinski definition) is 1. The fourth-order valence-electron chi connectivity index (χ4n) is 1.44. The van der Waals surface area contributed by atoms with E-state index in [2.05, 4.69) is 10.3 Å². The highest BCUT2D eigenvalue weighted by atomic mass is 16.1. The number of dihydropyridines is 1. The van der Waals surface area contributed by atoms with E-state index in [0.717, 1.165) is 25.1 Å². The molecule has 2 heterocycles. The second kappa shape index (κ2) is 2.49. The average molecular weight is 150 g/mol. The molecule has 0 saturated heterocycles. The molecule has 0 radical (unpaired) electrons. The van der Waals surface area contributed by atoms with Crippen molar-refractivity contribution in [2.75, 3.05) is 6.54 Å². The Bertz CT molecular complexity index is 253. The maximum Gasteiger partial charge on any atom is 0.224 e. The van der Waals surface area contributed by atoms with Crippen LogP contribution in [0.5, 0.6) is 0 Å². The maximum atomic E-state index is 10.9. The minimum atomic E-state index is 0.122. The Labute approximate surface area is 65.2 Å². The molecule has 11 heavy (non-hydrogen) atoms. The molecule has 1 N–H and O–H groups in total. The number of rotatable bonds is 0. The van der Waals surface area contributed by atoms with Gasteiger partial charge in [0, 0.05) is 19.2 Å². The van der Waals surface area contributed by atoms with Gasteiger partial charge in [0.1, 0.15) is 0 Å². The molecule has 2 rings (SSSR count). The molecule has 0 fully saturated rings. The predicted molar refractivity (Wildman–Crippen MR) is 42.4 cm³/mol. The number of allylic oxidation sites excluding steroid dienone is 1. The summed E-state index contributed by atoms with van der Waals surface area (Å²) in [7, 11) is 0. The van der Waals surface area contributed by atoms with E-state index in [1.807, 2.05) is 0 Å². The van der Waals surface area contributed by atoms with E-state index in [9.17, 15) is 4.79 Å². The number of nitrogens with zero attached hydrogens (tertiary/aromatic N) is 1. The van der Waals surface area contributed by atoms with Crippen LogP contribution in [0.4, 0.5) is 0 Å². The third-order valence-electron chi connectivity index (χ3n) is 2.07. The summed E-state index contributed by atoms with van der Waals surface area (Å²) in [6.07, 6.45) is 4.36. The Hall–Kier alpha value is -1.12. The molecule has 0 atom stereocenters. The van der Waals surface area contributed by atoms with Gasteiger partial charge in [0.2, 0.25) is 5.91 Å². The number of nitrogens with one attached hydrogen (secondary N) is 1. The van der Waals surface area contributed by atoms with Gasteiger partial charge in [-0.3, -0.25) is 9.79 Å². The van der Waals surface area contributed by atoms with Crippen molar-refractivity contribution in [3.63, 3.8) is 0 Å². The molecular formula is C8H10N2O. The van der Waals surface area contributed by atoms with E-state index in [1.165, 1.54) is 5.57 Å². The summed E-state index contributed by atoms with van der Waals surface area (Å²) in [5.41, 5.74) is 2.31. The topological polar surface area (TPSA) is 41.5 Å². The van der Waals surface area contributed by atoms with Crippen molar-refractivity contribution in [3.05, 3.63) is 11.3 Å². The van der Waals surface area contributed by atoms with Gasteiger partial charge in [-0.2, -0.15) is 0 Å². The van der Waals surface area contributed by atoms with Crippen LogP contribution in [-0.2, 0) is 4.79 Å². The van der Waals surface area contributed by atoms with Crippen LogP contribution >= 0.6 is 0 Å². The van der Waals surface area contributed by atoms with Gasteiger partial charge in [-0.25, -0.2) is 0 Å². The molecule has 3 heteroatoms. The number of hydrogen-bond acceptors (Lipinski definition) is 2. The zero-order chi connectivity index (χ0) is 7.68. The molecule has 0 aromatic carbocycles. The third kappa shape index (κ3) is 1.18. The van der Waals surface area contributed by atoms with Gasteiger partial charge in [-0.15, -0.1) is 0 Å². The summed E-state index contributed by atoms with van der Waals surface area (Å²) in [5, 5.41) is 2.81. The molecule has 0 saturated carbocycles. The largest absolute Gasteiger partial charge is 0.325 e. The first-order chi connectivity index (χ1) is 5.36. The van der Waals surface area contributed by atoms with Crippen molar-refractivity contribution < 1.29 is 4.79 Å². The van der Waals surface area contributed by atoms with Crippen LogP contribution in [0.3, 0.4) is 0 Å². The van der Waals surface area contributed by atoms with Gasteiger partial charge in [-0.05, 0) is 18.4 Å². The second-order valence-corrected chi connectivity index (χ2v) is 2.85. The molecule has 0 aliphatic carbocycles. The monoisotopic (exact) mass is 150 g/mol. The molecule has 58 valence electrons. The minimum Gasteiger partial charge on any atom is -0.325 e. The minimum absolute atomic E-state index is 0.122. The summed E-state index contributed by atoms with van der Waals surface area (Å²) in [5.74, 6) is 0.122. The van der Waals surface area contributed by atoms with Crippen molar-refractivity contribution in [2.45, 2.75) is 19.3 Å². The predicted octanol–water partition coefficient (Wildman–Crippen LogP) is 0.625. The Balaban J connectivity index is 2.26. The van der Waals surface area contributed by atoms with Crippen LogP contribution in [-0.4, -0.2) is 18.7 Å². The first kappa shape index (κ1) is 6.58. The van der Waals surface area contributed by atoms with E-state index >= 15 is 0 Å². The fraction of sp³-hybridized carbons (Fsp3) is 0.500. The first-order valence-corrected chi connectivity index (χ1v) is 3.88. The number of carbonyl (C=O) groups is 1. The molecule has 2 aliphatic heterocycles. The Morgan fingerprint density at radius 2 is 2.27 bits per heavy atom. The van der Waals surface area contributed by atoms with Gasteiger partial charge >= 0.3 is 0 Å². The van der Waals surface area contributed by atoms with Crippen LogP contribution in [0.1, 0.15) is 19.3 Å². The summed E-state index contributed by atoms with van der Waals surface area (Å²) >= 11 is 0. The number of carbonyl (C=O) groups excluding carboxylic acids is 1. The smallest absolute Gasteiger partial charge is 0.224 e. The molecule has 3 nitrogen and oxygen atoms in total. The van der Waals surface area contributed by atoms with Crippen LogP contribution < -0.4 is 5.32 Å². The normalized spacial score (nSPS) is 23.1. The van der Waals surface area contributed by atoms with Gasteiger partial charge in [-0.1, -0.05) is 0 Å². The van der Waals surface area contributed by atoms with E-state index in [4.69, 9.17) is 0 Å². The highest BCUT2D eigenvalue weighted by Gasteiger charge is 2.17. The lowest BCUT2D eigenvalue weighted by atomic mass is 9.99. The quantitative estimate of drug-likeness (QED) is 0.540. The van der Waals surface area contributed by atoms with E-state index < -0.39 is 0 Å². The highest BCUT2D eigenvalue weighted by molar-refractivity contribution is 5.91. The molecule has 0 unspecified atom stereocenters. The lowest BCUT2D eigenvalue weighted by Gasteiger charge is -2.20. The van der Waals surface area contributed by atoms with E-state index in [-0.39, 0.29) is 5.91 Å². The number of amides is 1. The van der Waals surface area contributed by atoms with Crippen molar-refractivity contribution >= 4 is 12.1 Å². The molecule has 0 bridgehead atoms. The summed E-state index contributed by atoms with van der Waals surface area (Å²) < 4.78 is 0. The van der Waals surface area contributed by atoms with Gasteiger partial charge < -0.3 is 5.32 Å². The fourth-order valence-corrected chi connectivity index (χ4v) is 1.44. The van der Waals surface area contributed by atoms with Crippen LogP contribution in [0.25, 0.3) is 0 Å². The summed E-state index contributed by atoms with van der Waals surface area (Å²) in [6.45, 7) is 0.884. The Morgan fingerprint density at radius 1 is 1.36 bits per heavy atom. The molecule has 2 aliphatic rings. The molecule has 1 amide bonds. The lowest BCUT2D eigenvalue weighted by Crippen LogP contribution is -2.30. The zero-order valence-corrected chi connectivity index (χ0v) is 6.26. The second-order valence-electron chi connectivity index (χ2n) is 2.85. The molecule has 0 spiro atoms. The van der Waals surface area contributed by atoms with Gasteiger partial charge in [0.25, 0.3) is 0 Å². The molecule has 0 aromatic heterocycles. The third-order valence-corrected chi connectivity index (χ3v) is 2.07. The maximum absolute atomic E-state index is 10.9. The van der Waals surface area contributed by atoms with E-state index in [1.54, 1.807) is 6.21 Å². The Kier molecular flexibility index (Phi) is 1.49. The summed E-state index contributed by atoms with van der Waals surface area (Å²) in [4.78, 5) is 15.0. The number of aliphatic imine (C=N–C) groups is 1. The summed E-state index contributed by atoms with van der Waals surface area (Å²) in [6, 6.07) is 0. The van der Waals surface area contributed by atoms with Crippen LogP contribution in [0, 0.1) is 0 Å². The Morgan fingerprint density at radius 3 is 3.18 bits per heavy atom. The van der Waals surface area contributed by atoms with Gasteiger partial charge in [0.15, 0.2) is 0 Å². The van der Waals surface area contributed by atoms with Crippen molar-refractivity contribution in [1.29, 1.82) is 0 Å².